The number of aromatic nitrogens is 1. The number of benzene rings is 2. The lowest BCUT2D eigenvalue weighted by Crippen LogP contribution is -2.30. The maximum Gasteiger partial charge on any atom is 0.273 e. The topological polar surface area (TPSA) is 69.6 Å². The van der Waals surface area contributed by atoms with Gasteiger partial charge < -0.3 is 0 Å². The van der Waals surface area contributed by atoms with Gasteiger partial charge in [0.05, 0.1) is 10.2 Å². The monoisotopic (exact) mass is 393 g/mol. The third kappa shape index (κ3) is 3.62. The molecule has 0 fully saturated rings. The number of thiazole rings is 1. The van der Waals surface area contributed by atoms with Gasteiger partial charge in [0.15, 0.2) is 5.57 Å². The highest BCUT2D eigenvalue weighted by Crippen LogP contribution is 2.11. The van der Waals surface area contributed by atoms with Crippen molar-refractivity contribution in [1.29, 1.82) is 10.5 Å². The van der Waals surface area contributed by atoms with E-state index in [-0.39, 0.29) is 20.3 Å². The number of hydrogen-bond acceptors (Lipinski definition) is 4. The van der Waals surface area contributed by atoms with Crippen molar-refractivity contribution in [3.8, 4) is 17.8 Å². The van der Waals surface area contributed by atoms with Crippen LogP contribution in [0.4, 0.5) is 8.78 Å². The third-order valence-electron chi connectivity index (χ3n) is 4.09. The normalized spacial score (nSPS) is 11.1. The van der Waals surface area contributed by atoms with E-state index < -0.39 is 17.2 Å². The zero-order valence-corrected chi connectivity index (χ0v) is 15.6. The highest BCUT2D eigenvalue weighted by molar-refractivity contribution is 7.07. The Balaban J connectivity index is 2.39. The highest BCUT2D eigenvalue weighted by Gasteiger charge is 2.12. The van der Waals surface area contributed by atoms with Crippen LogP contribution in [-0.4, -0.2) is 4.57 Å². The van der Waals surface area contributed by atoms with Gasteiger partial charge in [-0.2, -0.15) is 10.5 Å². The molecule has 28 heavy (non-hydrogen) atoms. The molecule has 0 spiro atoms. The summed E-state index contributed by atoms with van der Waals surface area (Å²) in [5.41, 5.74) is 0.824. The first-order valence-electron chi connectivity index (χ1n) is 8.31. The smallest absolute Gasteiger partial charge is 0.267 e. The molecule has 1 aromatic heterocycles. The molecule has 0 saturated heterocycles. The molecular formula is C21H13F2N3OS. The van der Waals surface area contributed by atoms with Crippen molar-refractivity contribution in [3.63, 3.8) is 0 Å². The molecular weight excluding hydrogens is 380 g/mol. The molecule has 0 aliphatic carbocycles. The number of aryl methyl sites for hydroxylation is 1. The summed E-state index contributed by atoms with van der Waals surface area (Å²) in [7, 11) is 0. The predicted molar refractivity (Wildman–Crippen MR) is 103 cm³/mol. The summed E-state index contributed by atoms with van der Waals surface area (Å²) in [6.45, 7) is 1.97. The molecule has 3 aromatic rings. The summed E-state index contributed by atoms with van der Waals surface area (Å²) in [6, 6.07) is 13.8. The fourth-order valence-electron chi connectivity index (χ4n) is 2.68. The van der Waals surface area contributed by atoms with E-state index in [4.69, 9.17) is 0 Å². The molecule has 0 N–H and O–H groups in total. The fraction of sp³-hybridized carbons (Fsp3) is 0.0952. The van der Waals surface area contributed by atoms with Crippen molar-refractivity contribution in [2.45, 2.75) is 13.3 Å². The van der Waals surface area contributed by atoms with Gasteiger partial charge in [-0.3, -0.25) is 9.36 Å². The van der Waals surface area contributed by atoms with Gasteiger partial charge in [0, 0.05) is 11.6 Å². The molecule has 7 heteroatoms. The number of rotatable bonds is 3. The Morgan fingerprint density at radius 2 is 1.93 bits per heavy atom. The van der Waals surface area contributed by atoms with Crippen LogP contribution in [0.5, 0.6) is 0 Å². The third-order valence-corrected chi connectivity index (χ3v) is 5.18. The van der Waals surface area contributed by atoms with E-state index in [0.29, 0.717) is 5.69 Å². The number of hydrogen-bond donors (Lipinski definition) is 0. The molecule has 1 heterocycles. The predicted octanol–water partition coefficient (Wildman–Crippen LogP) is 2.77. The summed E-state index contributed by atoms with van der Waals surface area (Å²) < 4.78 is 28.7. The number of halogens is 2. The quantitative estimate of drug-likeness (QED) is 0.687. The maximum absolute atomic E-state index is 14.0. The first-order chi connectivity index (χ1) is 13.5. The Hall–Kier alpha value is -3.55. The second-order valence-corrected chi connectivity index (χ2v) is 6.87. The molecule has 138 valence electrons. The Labute approximate surface area is 163 Å². The van der Waals surface area contributed by atoms with Crippen molar-refractivity contribution < 1.29 is 8.78 Å². The van der Waals surface area contributed by atoms with E-state index in [1.165, 1.54) is 16.7 Å². The van der Waals surface area contributed by atoms with Crippen molar-refractivity contribution in [3.05, 3.63) is 84.8 Å². The van der Waals surface area contributed by atoms with Gasteiger partial charge in [-0.05, 0) is 42.3 Å². The van der Waals surface area contributed by atoms with Crippen molar-refractivity contribution in [2.24, 2.45) is 0 Å². The molecule has 3 rings (SSSR count). The minimum atomic E-state index is -0.807. The molecule has 0 aliphatic heterocycles. The molecule has 4 nitrogen and oxygen atoms in total. The lowest BCUT2D eigenvalue weighted by molar-refractivity contribution is 0.581. The van der Waals surface area contributed by atoms with E-state index in [1.54, 1.807) is 30.3 Å². The van der Waals surface area contributed by atoms with Gasteiger partial charge in [0.1, 0.15) is 28.4 Å². The zero-order chi connectivity index (χ0) is 20.3. The Kier molecular flexibility index (Phi) is 5.49. The summed E-state index contributed by atoms with van der Waals surface area (Å²) in [4.78, 5) is 13.0. The van der Waals surface area contributed by atoms with Crippen LogP contribution >= 0.6 is 11.3 Å². The second kappa shape index (κ2) is 7.99. The van der Waals surface area contributed by atoms with Crippen LogP contribution in [-0.2, 0) is 6.42 Å². The fourth-order valence-corrected chi connectivity index (χ4v) is 3.73. The lowest BCUT2D eigenvalue weighted by atomic mass is 10.1. The van der Waals surface area contributed by atoms with Crippen molar-refractivity contribution in [2.75, 3.05) is 0 Å². The highest BCUT2D eigenvalue weighted by atomic mass is 32.1. The molecule has 0 atom stereocenters. The van der Waals surface area contributed by atoms with E-state index in [9.17, 15) is 24.1 Å². The standard InChI is InChI=1S/C21H13F2N3OS/c1-2-13-4-3-5-17(8-13)26-20(27)19(28-21(26)15(11-24)12-25)9-14-6-7-16(22)10-18(14)23/h3-10H,2H2,1H3/b19-9+. The summed E-state index contributed by atoms with van der Waals surface area (Å²) in [5.74, 6) is -1.53. The lowest BCUT2D eigenvalue weighted by Gasteiger charge is -2.04. The first-order valence-corrected chi connectivity index (χ1v) is 9.12. The van der Waals surface area contributed by atoms with E-state index >= 15 is 0 Å². The average molecular weight is 393 g/mol. The molecule has 0 amide bonds. The van der Waals surface area contributed by atoms with E-state index in [1.807, 2.05) is 13.0 Å². The average Bonchev–Trinajstić information content (AvgIpc) is 3.01. The van der Waals surface area contributed by atoms with E-state index in [0.717, 1.165) is 35.5 Å². The van der Waals surface area contributed by atoms with Crippen LogP contribution in [0.1, 0.15) is 18.1 Å². The van der Waals surface area contributed by atoms with Crippen LogP contribution in [0.2, 0.25) is 0 Å². The van der Waals surface area contributed by atoms with Crippen LogP contribution in [0.3, 0.4) is 0 Å². The van der Waals surface area contributed by atoms with Crippen molar-refractivity contribution >= 4 is 23.0 Å². The molecule has 2 aromatic carbocycles. The van der Waals surface area contributed by atoms with Gasteiger partial charge >= 0.3 is 0 Å². The molecule has 0 bridgehead atoms. The van der Waals surface area contributed by atoms with Gasteiger partial charge in [-0.25, -0.2) is 8.78 Å². The Morgan fingerprint density at radius 3 is 2.57 bits per heavy atom. The Morgan fingerprint density at radius 1 is 1.18 bits per heavy atom. The van der Waals surface area contributed by atoms with Gasteiger partial charge in [-0.1, -0.05) is 19.1 Å². The molecule has 0 unspecified atom stereocenters. The molecule has 0 saturated carbocycles. The van der Waals surface area contributed by atoms with Crippen LogP contribution in [0, 0.1) is 34.3 Å². The first kappa shape index (κ1) is 19.2. The maximum atomic E-state index is 14.0. The van der Waals surface area contributed by atoms with E-state index in [2.05, 4.69) is 0 Å². The van der Waals surface area contributed by atoms with Crippen LogP contribution in [0.15, 0.2) is 47.3 Å². The molecule has 0 aliphatic rings. The molecule has 0 radical (unpaired) electrons. The Bertz CT molecular complexity index is 1310. The van der Waals surface area contributed by atoms with Gasteiger partial charge in [0.2, 0.25) is 0 Å². The van der Waals surface area contributed by atoms with Crippen LogP contribution < -0.4 is 14.8 Å². The zero-order valence-electron chi connectivity index (χ0n) is 14.7. The SMILES string of the molecule is CCc1cccc(-n2c(=C(C#N)C#N)s/c(=C/c3ccc(F)cc3F)c2=O)c1. The second-order valence-electron chi connectivity index (χ2n) is 5.84. The summed E-state index contributed by atoms with van der Waals surface area (Å²) in [5, 5.41) is 18.6. The summed E-state index contributed by atoms with van der Waals surface area (Å²) in [6.07, 6.45) is 2.03. The summed E-state index contributed by atoms with van der Waals surface area (Å²) >= 11 is 0.912. The van der Waals surface area contributed by atoms with Gasteiger partial charge in [0.25, 0.3) is 5.56 Å². The largest absolute Gasteiger partial charge is 0.273 e. The number of nitriles is 2. The van der Waals surface area contributed by atoms with Gasteiger partial charge in [-0.15, -0.1) is 11.3 Å². The van der Waals surface area contributed by atoms with Crippen LogP contribution in [0.25, 0.3) is 17.3 Å². The minimum absolute atomic E-state index is 0.0382. The minimum Gasteiger partial charge on any atom is -0.267 e. The number of nitrogens with zero attached hydrogens (tertiary/aromatic N) is 3. The van der Waals surface area contributed by atoms with Crippen molar-refractivity contribution in [1.82, 2.24) is 4.57 Å².